The summed E-state index contributed by atoms with van der Waals surface area (Å²) in [4.78, 5) is 77.9. The molecule has 0 aliphatic carbocycles. The molecule has 0 N–H and O–H groups in total. The molecule has 4 aromatic carbocycles. The molecule has 2 aliphatic heterocycles. The summed E-state index contributed by atoms with van der Waals surface area (Å²) in [5.74, 6) is -1.21. The number of benzene rings is 4. The summed E-state index contributed by atoms with van der Waals surface area (Å²) in [7, 11) is 0. The van der Waals surface area contributed by atoms with Gasteiger partial charge in [-0.1, -0.05) is 315 Å². The number of imide groups is 2. The van der Waals surface area contributed by atoms with E-state index in [-0.39, 0.29) is 35.5 Å². The van der Waals surface area contributed by atoms with E-state index in [1.165, 1.54) is 202 Å². The van der Waals surface area contributed by atoms with Gasteiger partial charge in [0.25, 0.3) is 23.6 Å². The van der Waals surface area contributed by atoms with Crippen molar-refractivity contribution < 1.29 is 19.2 Å². The third-order valence-electron chi connectivity index (χ3n) is 19.2. The highest BCUT2D eigenvalue weighted by molar-refractivity contribution is 9.10. The molecule has 0 spiro atoms. The van der Waals surface area contributed by atoms with Gasteiger partial charge in [0.1, 0.15) is 10.0 Å². The second-order valence-corrected chi connectivity index (χ2v) is 30.1. The van der Waals surface area contributed by atoms with E-state index < -0.39 is 0 Å². The van der Waals surface area contributed by atoms with E-state index in [0.717, 1.165) is 97.1 Å². The normalized spacial score (nSPS) is 14.1. The minimum absolute atomic E-state index is 0.131. The maximum absolute atomic E-state index is 16.0. The fraction of sp³-hybridized carbons (Fsp3) is 0.632. The second-order valence-electron chi connectivity index (χ2n) is 26.3. The highest BCUT2D eigenvalue weighted by Gasteiger charge is 2.46. The molecule has 4 heterocycles. The van der Waals surface area contributed by atoms with Crippen molar-refractivity contribution in [1.82, 2.24) is 19.8 Å². The van der Waals surface area contributed by atoms with E-state index in [9.17, 15) is 0 Å². The van der Waals surface area contributed by atoms with E-state index in [1.807, 2.05) is 48.5 Å². The maximum atomic E-state index is 16.0. The van der Waals surface area contributed by atoms with Crippen LogP contribution in [0, 0.1) is 11.8 Å². The average Bonchev–Trinajstić information content (AvgIpc) is 1.23. The smallest absolute Gasteiger partial charge is 0.263 e. The Morgan fingerprint density at radius 2 is 0.580 bits per heavy atom. The zero-order valence-corrected chi connectivity index (χ0v) is 59.3. The number of amides is 4. The SMILES string of the molecule is CCCCCCCCCCCCC(CCCCCCCCCC)CN1C(=O)c2c3nc(-c4ccc(Br)cc4)sc3c3c4c(c5nc(-c6ccc(Br)cc6)sc5c(c24)C1=O)C(=O)N(CC(CCCCCCCCCC)CCCCCCCCCCCC)C3=O. The molecule has 4 amide bonds. The van der Waals surface area contributed by atoms with Crippen molar-refractivity contribution in [2.75, 3.05) is 13.1 Å². The van der Waals surface area contributed by atoms with Gasteiger partial charge in [0.15, 0.2) is 0 Å². The summed E-state index contributed by atoms with van der Waals surface area (Å²) in [5.41, 5.74) is 4.02. The summed E-state index contributed by atoms with van der Waals surface area (Å²) < 4.78 is 3.06. The van der Waals surface area contributed by atoms with Crippen molar-refractivity contribution >= 4 is 109 Å². The molecule has 2 aromatic heterocycles. The van der Waals surface area contributed by atoms with Crippen LogP contribution in [-0.4, -0.2) is 56.5 Å². The number of nitrogens with zero attached hydrogens (tertiary/aromatic N) is 4. The van der Waals surface area contributed by atoms with E-state index in [1.54, 1.807) is 9.80 Å². The zero-order chi connectivity index (χ0) is 62.0. The topological polar surface area (TPSA) is 101 Å². The Morgan fingerprint density at radius 3 is 0.841 bits per heavy atom. The van der Waals surface area contributed by atoms with Crippen molar-refractivity contribution in [3.8, 4) is 21.1 Å². The number of hydrogen-bond acceptors (Lipinski definition) is 8. The van der Waals surface area contributed by atoms with E-state index in [4.69, 9.17) is 9.97 Å². The van der Waals surface area contributed by atoms with Gasteiger partial charge >= 0.3 is 0 Å². The van der Waals surface area contributed by atoms with Crippen LogP contribution in [-0.2, 0) is 0 Å². The number of fused-ring (bicyclic) bond motifs is 6. The Balaban J connectivity index is 1.18. The van der Waals surface area contributed by atoms with Crippen LogP contribution in [0.2, 0.25) is 0 Å². The van der Waals surface area contributed by atoms with Crippen molar-refractivity contribution in [2.24, 2.45) is 11.8 Å². The first kappa shape index (κ1) is 70.0. The zero-order valence-electron chi connectivity index (χ0n) is 54.5. The lowest BCUT2D eigenvalue weighted by molar-refractivity contribution is 0.0560. The van der Waals surface area contributed by atoms with Crippen LogP contribution in [0.25, 0.3) is 52.3 Å². The third kappa shape index (κ3) is 19.1. The molecule has 8 rings (SSSR count). The van der Waals surface area contributed by atoms with Crippen molar-refractivity contribution in [1.29, 1.82) is 0 Å². The summed E-state index contributed by atoms with van der Waals surface area (Å²) in [6.07, 6.45) is 48.4. The van der Waals surface area contributed by atoms with Gasteiger partial charge in [0.2, 0.25) is 0 Å². The molecule has 6 aromatic rings. The number of hydrogen-bond donors (Lipinski definition) is 0. The Bertz CT molecular complexity index is 2830. The standard InChI is InChI=1S/C76H106Br2N4O4S2/c1-5-9-13-17-21-25-27-31-35-39-43-55(41-37-33-29-23-19-15-11-7-3)53-81-73(83)63-61-62-64(68-69(65(61)75(81)85)87-72(80-68)58-47-51-60(78)52-48-58)74(84)82(76(86)66(62)70-67(63)79-71(88-70)57-45-49-59(77)50-46-57)54-56(42-38-34-30-24-20-16-12-8-4)44-40-36-32-28-26-22-18-14-10-6-2/h45-52,55-56H,5-44,53-54H2,1-4H3. The first-order valence-electron chi connectivity index (χ1n) is 35.6. The Morgan fingerprint density at radius 1 is 0.341 bits per heavy atom. The van der Waals surface area contributed by atoms with Crippen LogP contribution in [0.5, 0.6) is 0 Å². The number of halogens is 2. The molecular formula is C76H106Br2N4O4S2. The number of carbonyl (C=O) groups excluding carboxylic acids is 4. The minimum Gasteiger partial charge on any atom is -0.274 e. The Kier molecular flexibility index (Phi) is 29.9. The van der Waals surface area contributed by atoms with Crippen LogP contribution in [0.1, 0.15) is 326 Å². The summed E-state index contributed by atoms with van der Waals surface area (Å²) >= 11 is 10.1. The first-order chi connectivity index (χ1) is 43.1. The molecule has 0 saturated carbocycles. The summed E-state index contributed by atoms with van der Waals surface area (Å²) in [5, 5.41) is 2.15. The van der Waals surface area contributed by atoms with Crippen molar-refractivity contribution in [2.45, 2.75) is 285 Å². The molecule has 0 radical (unpaired) electrons. The van der Waals surface area contributed by atoms with Crippen LogP contribution < -0.4 is 0 Å². The van der Waals surface area contributed by atoms with Crippen LogP contribution in [0.15, 0.2) is 57.5 Å². The minimum atomic E-state index is -0.377. The molecule has 2 aliphatic rings. The van der Waals surface area contributed by atoms with Gasteiger partial charge in [0.05, 0.1) is 42.7 Å². The van der Waals surface area contributed by atoms with E-state index in [0.29, 0.717) is 76.6 Å². The number of thiazole rings is 2. The highest BCUT2D eigenvalue weighted by atomic mass is 79.9. The molecule has 2 unspecified atom stereocenters. The Hall–Kier alpha value is -3.84. The fourth-order valence-electron chi connectivity index (χ4n) is 14.0. The molecule has 480 valence electrons. The maximum Gasteiger partial charge on any atom is 0.263 e. The van der Waals surface area contributed by atoms with Crippen LogP contribution in [0.3, 0.4) is 0 Å². The van der Waals surface area contributed by atoms with E-state index in [2.05, 4.69) is 59.6 Å². The van der Waals surface area contributed by atoms with Gasteiger partial charge in [-0.3, -0.25) is 29.0 Å². The van der Waals surface area contributed by atoms with Crippen molar-refractivity contribution in [3.63, 3.8) is 0 Å². The lowest BCUT2D eigenvalue weighted by Crippen LogP contribution is -2.46. The lowest BCUT2D eigenvalue weighted by Gasteiger charge is -2.35. The Labute approximate surface area is 554 Å². The first-order valence-corrected chi connectivity index (χ1v) is 38.8. The largest absolute Gasteiger partial charge is 0.274 e. The van der Waals surface area contributed by atoms with Gasteiger partial charge in [-0.25, -0.2) is 9.97 Å². The molecule has 8 nitrogen and oxygen atoms in total. The average molecular weight is 1360 g/mol. The summed E-state index contributed by atoms with van der Waals surface area (Å²) in [6, 6.07) is 16.0. The number of unbranched alkanes of at least 4 members (excludes halogenated alkanes) is 32. The fourth-order valence-corrected chi connectivity index (χ4v) is 16.8. The van der Waals surface area contributed by atoms with Crippen LogP contribution in [0.4, 0.5) is 0 Å². The quantitative estimate of drug-likeness (QED) is 0.0279. The molecule has 0 bridgehead atoms. The van der Waals surface area contributed by atoms with Gasteiger partial charge < -0.3 is 0 Å². The predicted molar refractivity (Wildman–Crippen MR) is 382 cm³/mol. The second kappa shape index (κ2) is 37.6. The van der Waals surface area contributed by atoms with Gasteiger partial charge in [-0.05, 0) is 61.8 Å². The van der Waals surface area contributed by atoms with Gasteiger partial charge in [-0.2, -0.15) is 0 Å². The highest BCUT2D eigenvalue weighted by Crippen LogP contribution is 2.51. The lowest BCUT2D eigenvalue weighted by atomic mass is 9.83. The molecule has 2 atom stereocenters. The summed E-state index contributed by atoms with van der Waals surface area (Å²) in [6.45, 7) is 9.70. The number of rotatable bonds is 46. The number of aromatic nitrogens is 2. The predicted octanol–water partition coefficient (Wildman–Crippen LogP) is 25.0. The molecule has 88 heavy (non-hydrogen) atoms. The monoisotopic (exact) mass is 1360 g/mol. The van der Waals surface area contributed by atoms with Gasteiger partial charge in [0, 0.05) is 43.9 Å². The molecule has 0 fully saturated rings. The van der Waals surface area contributed by atoms with Crippen molar-refractivity contribution in [3.05, 3.63) is 79.7 Å². The van der Waals surface area contributed by atoms with Crippen LogP contribution >= 0.6 is 54.5 Å². The van der Waals surface area contributed by atoms with E-state index >= 15 is 19.2 Å². The molecule has 12 heteroatoms. The molecule has 0 saturated heterocycles. The molecular weight excluding hydrogens is 1260 g/mol. The number of carbonyl (C=O) groups is 4. The third-order valence-corrected chi connectivity index (χ3v) is 22.5. The van der Waals surface area contributed by atoms with Gasteiger partial charge in [-0.15, -0.1) is 22.7 Å².